The SMILES string of the molecule is CNS(=O)(=O)CC(=O)N(C)C[C@H](C)c1ccccc1. The van der Waals surface area contributed by atoms with Gasteiger partial charge in [0.1, 0.15) is 5.75 Å². The van der Waals surface area contributed by atoms with Gasteiger partial charge in [-0.25, -0.2) is 13.1 Å². The summed E-state index contributed by atoms with van der Waals surface area (Å²) in [7, 11) is -0.587. The van der Waals surface area contributed by atoms with Gasteiger partial charge in [-0.15, -0.1) is 0 Å². The summed E-state index contributed by atoms with van der Waals surface area (Å²) in [6.45, 7) is 2.49. The Kier molecular flexibility index (Phi) is 5.50. The molecule has 106 valence electrons. The molecule has 0 fully saturated rings. The summed E-state index contributed by atoms with van der Waals surface area (Å²) in [5.74, 6) is -0.758. The third kappa shape index (κ3) is 5.00. The maximum absolute atomic E-state index is 11.8. The van der Waals surface area contributed by atoms with Crippen molar-refractivity contribution in [3.63, 3.8) is 0 Å². The number of nitrogens with one attached hydrogen (secondary N) is 1. The van der Waals surface area contributed by atoms with Crippen LogP contribution in [0.3, 0.4) is 0 Å². The molecule has 1 atom stereocenters. The van der Waals surface area contributed by atoms with Crippen LogP contribution in [0.4, 0.5) is 0 Å². The van der Waals surface area contributed by atoms with Gasteiger partial charge >= 0.3 is 0 Å². The minimum Gasteiger partial charge on any atom is -0.344 e. The van der Waals surface area contributed by atoms with E-state index >= 15 is 0 Å². The fourth-order valence-electron chi connectivity index (χ4n) is 1.74. The van der Waals surface area contributed by atoms with Crippen molar-refractivity contribution >= 4 is 15.9 Å². The summed E-state index contributed by atoms with van der Waals surface area (Å²) in [5, 5.41) is 0. The van der Waals surface area contributed by atoms with Crippen LogP contribution >= 0.6 is 0 Å². The van der Waals surface area contributed by atoms with Crippen LogP contribution in [0, 0.1) is 0 Å². The highest BCUT2D eigenvalue weighted by Gasteiger charge is 2.19. The first kappa shape index (κ1) is 15.7. The minimum atomic E-state index is -3.51. The van der Waals surface area contributed by atoms with Crippen molar-refractivity contribution in [2.24, 2.45) is 0 Å². The first-order chi connectivity index (χ1) is 8.85. The summed E-state index contributed by atoms with van der Waals surface area (Å²) in [6, 6.07) is 9.81. The number of sulfonamides is 1. The molecule has 0 saturated heterocycles. The Balaban J connectivity index is 2.60. The van der Waals surface area contributed by atoms with E-state index in [1.54, 1.807) is 7.05 Å². The van der Waals surface area contributed by atoms with Crippen molar-refractivity contribution in [3.05, 3.63) is 35.9 Å². The number of carbonyl (C=O) groups excluding carboxylic acids is 1. The lowest BCUT2D eigenvalue weighted by atomic mass is 10.0. The number of carbonyl (C=O) groups is 1. The third-order valence-electron chi connectivity index (χ3n) is 2.97. The molecule has 1 rings (SSSR count). The number of nitrogens with zero attached hydrogens (tertiary/aromatic N) is 1. The smallest absolute Gasteiger partial charge is 0.238 e. The van der Waals surface area contributed by atoms with Gasteiger partial charge in [0.2, 0.25) is 15.9 Å². The molecule has 1 aromatic carbocycles. The Morgan fingerprint density at radius 3 is 2.42 bits per heavy atom. The molecule has 1 aromatic rings. The highest BCUT2D eigenvalue weighted by Crippen LogP contribution is 2.15. The van der Waals surface area contributed by atoms with Gasteiger partial charge in [0.25, 0.3) is 0 Å². The van der Waals surface area contributed by atoms with E-state index < -0.39 is 21.7 Å². The maximum atomic E-state index is 11.8. The van der Waals surface area contributed by atoms with Crippen molar-refractivity contribution in [2.45, 2.75) is 12.8 Å². The van der Waals surface area contributed by atoms with Crippen molar-refractivity contribution in [2.75, 3.05) is 26.4 Å². The quantitative estimate of drug-likeness (QED) is 0.840. The van der Waals surface area contributed by atoms with Crippen molar-refractivity contribution in [1.82, 2.24) is 9.62 Å². The molecule has 1 N–H and O–H groups in total. The minimum absolute atomic E-state index is 0.160. The van der Waals surface area contributed by atoms with Crippen LogP contribution in [-0.2, 0) is 14.8 Å². The third-order valence-corrected chi connectivity index (χ3v) is 4.22. The van der Waals surface area contributed by atoms with E-state index in [1.807, 2.05) is 37.3 Å². The number of benzene rings is 1. The van der Waals surface area contributed by atoms with Crippen molar-refractivity contribution < 1.29 is 13.2 Å². The normalized spacial score (nSPS) is 13.0. The summed E-state index contributed by atoms with van der Waals surface area (Å²) in [5.41, 5.74) is 1.12. The Labute approximate surface area is 114 Å². The van der Waals surface area contributed by atoms with Gasteiger partial charge in [-0.3, -0.25) is 4.79 Å². The zero-order valence-electron chi connectivity index (χ0n) is 11.5. The Bertz CT molecular complexity index is 514. The Morgan fingerprint density at radius 2 is 1.89 bits per heavy atom. The second-order valence-corrected chi connectivity index (χ2v) is 6.48. The van der Waals surface area contributed by atoms with Crippen LogP contribution in [-0.4, -0.2) is 45.6 Å². The summed E-state index contributed by atoms with van der Waals surface area (Å²) >= 11 is 0. The zero-order chi connectivity index (χ0) is 14.5. The van der Waals surface area contributed by atoms with Gasteiger partial charge in [-0.05, 0) is 18.5 Å². The second kappa shape index (κ2) is 6.68. The first-order valence-corrected chi connectivity index (χ1v) is 7.71. The molecule has 1 amide bonds. The van der Waals surface area contributed by atoms with E-state index in [-0.39, 0.29) is 5.92 Å². The number of hydrogen-bond donors (Lipinski definition) is 1. The van der Waals surface area contributed by atoms with E-state index in [0.717, 1.165) is 5.56 Å². The van der Waals surface area contributed by atoms with E-state index in [1.165, 1.54) is 11.9 Å². The molecular formula is C13H20N2O3S. The lowest BCUT2D eigenvalue weighted by molar-refractivity contribution is -0.127. The van der Waals surface area contributed by atoms with Gasteiger partial charge < -0.3 is 4.90 Å². The second-order valence-electron chi connectivity index (χ2n) is 4.55. The number of amides is 1. The molecule has 0 bridgehead atoms. The lowest BCUT2D eigenvalue weighted by Crippen LogP contribution is -2.37. The van der Waals surface area contributed by atoms with Gasteiger partial charge in [0.15, 0.2) is 0 Å². The summed E-state index contributed by atoms with van der Waals surface area (Å²) < 4.78 is 24.8. The van der Waals surface area contributed by atoms with Gasteiger partial charge in [-0.1, -0.05) is 37.3 Å². The van der Waals surface area contributed by atoms with Crippen LogP contribution in [0.25, 0.3) is 0 Å². The lowest BCUT2D eigenvalue weighted by Gasteiger charge is -2.21. The molecule has 0 saturated carbocycles. The zero-order valence-corrected chi connectivity index (χ0v) is 12.3. The Hall–Kier alpha value is -1.40. The topological polar surface area (TPSA) is 66.5 Å². The van der Waals surface area contributed by atoms with E-state index in [2.05, 4.69) is 4.72 Å². The van der Waals surface area contributed by atoms with Gasteiger partial charge in [0.05, 0.1) is 0 Å². The number of rotatable bonds is 6. The van der Waals surface area contributed by atoms with Crippen LogP contribution < -0.4 is 4.72 Å². The largest absolute Gasteiger partial charge is 0.344 e. The van der Waals surface area contributed by atoms with Gasteiger partial charge in [-0.2, -0.15) is 0 Å². The predicted octanol–water partition coefficient (Wildman–Crippen LogP) is 0.798. The molecule has 5 nitrogen and oxygen atoms in total. The molecule has 0 heterocycles. The van der Waals surface area contributed by atoms with Crippen LogP contribution in [0.15, 0.2) is 30.3 Å². The monoisotopic (exact) mass is 284 g/mol. The first-order valence-electron chi connectivity index (χ1n) is 6.06. The molecule has 0 aliphatic carbocycles. The van der Waals surface area contributed by atoms with E-state index in [9.17, 15) is 13.2 Å². The molecular weight excluding hydrogens is 264 g/mol. The fourth-order valence-corrected chi connectivity index (χ4v) is 2.43. The highest BCUT2D eigenvalue weighted by atomic mass is 32.2. The molecule has 19 heavy (non-hydrogen) atoms. The average Bonchev–Trinajstić information content (AvgIpc) is 2.39. The van der Waals surface area contributed by atoms with Crippen molar-refractivity contribution in [3.8, 4) is 0 Å². The molecule has 0 spiro atoms. The molecule has 0 radical (unpaired) electrons. The van der Waals surface area contributed by atoms with Crippen molar-refractivity contribution in [1.29, 1.82) is 0 Å². The standard InChI is InChI=1S/C13H20N2O3S/c1-11(12-7-5-4-6-8-12)9-15(3)13(16)10-19(17,18)14-2/h4-8,11,14H,9-10H2,1-3H3/t11-/m0/s1. The average molecular weight is 284 g/mol. The molecule has 6 heteroatoms. The molecule has 0 aliphatic heterocycles. The van der Waals surface area contributed by atoms with Gasteiger partial charge in [0, 0.05) is 13.6 Å². The fraction of sp³-hybridized carbons (Fsp3) is 0.462. The molecule has 0 unspecified atom stereocenters. The predicted molar refractivity (Wildman–Crippen MR) is 75.3 cm³/mol. The Morgan fingerprint density at radius 1 is 1.32 bits per heavy atom. The van der Waals surface area contributed by atoms with E-state index in [0.29, 0.717) is 6.54 Å². The van der Waals surface area contributed by atoms with Crippen LogP contribution in [0.2, 0.25) is 0 Å². The van der Waals surface area contributed by atoms with Crippen LogP contribution in [0.5, 0.6) is 0 Å². The number of hydrogen-bond acceptors (Lipinski definition) is 3. The number of likely N-dealkylation sites (N-methyl/N-ethyl adjacent to an activating group) is 1. The highest BCUT2D eigenvalue weighted by molar-refractivity contribution is 7.90. The summed E-state index contributed by atoms with van der Waals surface area (Å²) in [4.78, 5) is 13.2. The van der Waals surface area contributed by atoms with E-state index in [4.69, 9.17) is 0 Å². The maximum Gasteiger partial charge on any atom is 0.238 e. The van der Waals surface area contributed by atoms with Crippen LogP contribution in [0.1, 0.15) is 18.4 Å². The molecule has 0 aromatic heterocycles. The molecule has 0 aliphatic rings. The summed E-state index contributed by atoms with van der Waals surface area (Å²) in [6.07, 6.45) is 0.